The maximum absolute atomic E-state index is 12.2. The fourth-order valence-electron chi connectivity index (χ4n) is 2.98. The summed E-state index contributed by atoms with van der Waals surface area (Å²) in [6.45, 7) is 0.0307. The second-order valence-corrected chi connectivity index (χ2v) is 6.09. The number of carbonyl (C=O) groups excluding carboxylic acids is 2. The smallest absolute Gasteiger partial charge is 0.353 e. The fourth-order valence-corrected chi connectivity index (χ4v) is 3.26. The molecule has 0 bridgehead atoms. The molecule has 3 N–H and O–H groups in total. The zero-order chi connectivity index (χ0) is 17.3. The minimum Gasteiger partial charge on any atom is -0.477 e. The van der Waals surface area contributed by atoms with Crippen molar-refractivity contribution in [3.63, 3.8) is 0 Å². The molecule has 2 atom stereocenters. The van der Waals surface area contributed by atoms with Crippen molar-refractivity contribution in [1.29, 1.82) is 0 Å². The number of carboxylic acid groups (broad SMARTS) is 1. The van der Waals surface area contributed by atoms with Crippen LogP contribution in [0.25, 0.3) is 0 Å². The number of β-lactam (4-membered cyclic amide) rings is 1. The van der Waals surface area contributed by atoms with Gasteiger partial charge in [0.2, 0.25) is 5.91 Å². The molecule has 2 aliphatic rings. The number of nitrogens with zero attached hydrogens (tertiary/aromatic N) is 1. The van der Waals surface area contributed by atoms with Gasteiger partial charge in [0.05, 0.1) is 12.6 Å². The number of nitrogens with one attached hydrogen (secondary N) is 2. The SMILES string of the molecule is O=C(CNc1ccccc1)N[C@@H]1C(=O)N2C(C(=O)O)=C(Cl)CC[C@H]12. The topological polar surface area (TPSA) is 98.7 Å². The van der Waals surface area contributed by atoms with Gasteiger partial charge in [0.1, 0.15) is 11.7 Å². The van der Waals surface area contributed by atoms with Gasteiger partial charge >= 0.3 is 5.97 Å². The number of carboxylic acids is 1. The molecule has 1 fully saturated rings. The van der Waals surface area contributed by atoms with Crippen LogP contribution in [-0.4, -0.2) is 46.4 Å². The minimum atomic E-state index is -1.23. The van der Waals surface area contributed by atoms with E-state index >= 15 is 0 Å². The van der Waals surface area contributed by atoms with Crippen molar-refractivity contribution < 1.29 is 19.5 Å². The Morgan fingerprint density at radius 3 is 2.67 bits per heavy atom. The van der Waals surface area contributed by atoms with Crippen molar-refractivity contribution in [2.24, 2.45) is 0 Å². The van der Waals surface area contributed by atoms with Crippen molar-refractivity contribution in [2.75, 3.05) is 11.9 Å². The molecule has 0 aromatic heterocycles. The summed E-state index contributed by atoms with van der Waals surface area (Å²) in [6.07, 6.45) is 0.907. The number of allylic oxidation sites excluding steroid dienone is 1. The molecule has 2 aliphatic heterocycles. The molecule has 0 aliphatic carbocycles. The number of hydrogen-bond acceptors (Lipinski definition) is 4. The van der Waals surface area contributed by atoms with E-state index in [1.165, 1.54) is 4.90 Å². The number of halogens is 1. The summed E-state index contributed by atoms with van der Waals surface area (Å²) in [5.41, 5.74) is 0.626. The maximum atomic E-state index is 12.2. The lowest BCUT2D eigenvalue weighted by Gasteiger charge is -2.49. The van der Waals surface area contributed by atoms with Crippen LogP contribution in [0.4, 0.5) is 5.69 Å². The highest BCUT2D eigenvalue weighted by Gasteiger charge is 2.53. The van der Waals surface area contributed by atoms with Gasteiger partial charge in [-0.1, -0.05) is 29.8 Å². The van der Waals surface area contributed by atoms with E-state index in [2.05, 4.69) is 10.6 Å². The van der Waals surface area contributed by atoms with Crippen LogP contribution in [0.1, 0.15) is 12.8 Å². The molecular formula is C16H16ClN3O4. The zero-order valence-corrected chi connectivity index (χ0v) is 13.4. The first-order chi connectivity index (χ1) is 11.5. The summed E-state index contributed by atoms with van der Waals surface area (Å²) in [5, 5.41) is 15.0. The van der Waals surface area contributed by atoms with E-state index < -0.39 is 17.9 Å². The van der Waals surface area contributed by atoms with Crippen LogP contribution in [0.15, 0.2) is 41.1 Å². The molecule has 0 saturated carbocycles. The lowest BCUT2D eigenvalue weighted by atomic mass is 9.86. The van der Waals surface area contributed by atoms with Crippen LogP contribution in [0.3, 0.4) is 0 Å². The molecular weight excluding hydrogens is 334 g/mol. The lowest BCUT2D eigenvalue weighted by molar-refractivity contribution is -0.155. The average Bonchev–Trinajstić information content (AvgIpc) is 2.58. The second-order valence-electron chi connectivity index (χ2n) is 5.64. The van der Waals surface area contributed by atoms with Crippen LogP contribution in [0, 0.1) is 0 Å². The molecule has 24 heavy (non-hydrogen) atoms. The standard InChI is InChI=1S/C16H16ClN3O4/c17-10-6-7-11-13(15(22)20(11)14(10)16(23)24)19-12(21)8-18-9-4-2-1-3-5-9/h1-5,11,13,18H,6-8H2,(H,19,21)(H,23,24)/t11-,13+/m1/s1. The predicted octanol–water partition coefficient (Wildman–Crippen LogP) is 1.12. The number of amides is 2. The first-order valence-electron chi connectivity index (χ1n) is 7.52. The zero-order valence-electron chi connectivity index (χ0n) is 12.7. The third-order valence-electron chi connectivity index (χ3n) is 4.12. The molecule has 0 unspecified atom stereocenters. The molecule has 8 heteroatoms. The Morgan fingerprint density at radius 2 is 2.00 bits per heavy atom. The molecule has 3 rings (SSSR count). The Bertz CT molecular complexity index is 719. The van der Waals surface area contributed by atoms with E-state index in [-0.39, 0.29) is 29.2 Å². The monoisotopic (exact) mass is 349 g/mol. The summed E-state index contributed by atoms with van der Waals surface area (Å²) in [4.78, 5) is 36.6. The Hall–Kier alpha value is -2.54. The second kappa shape index (κ2) is 6.52. The average molecular weight is 350 g/mol. The number of fused-ring (bicyclic) bond motifs is 1. The lowest BCUT2D eigenvalue weighted by Crippen LogP contribution is -2.71. The molecule has 126 valence electrons. The van der Waals surface area contributed by atoms with Crippen LogP contribution >= 0.6 is 11.6 Å². The van der Waals surface area contributed by atoms with Gasteiger partial charge in [-0.3, -0.25) is 14.5 Å². The van der Waals surface area contributed by atoms with E-state index in [0.29, 0.717) is 12.8 Å². The van der Waals surface area contributed by atoms with E-state index in [0.717, 1.165) is 5.69 Å². The highest BCUT2D eigenvalue weighted by molar-refractivity contribution is 6.32. The van der Waals surface area contributed by atoms with Gasteiger partial charge in [0, 0.05) is 10.7 Å². The van der Waals surface area contributed by atoms with Gasteiger partial charge in [-0.05, 0) is 25.0 Å². The van der Waals surface area contributed by atoms with E-state index in [1.807, 2.05) is 30.3 Å². The van der Waals surface area contributed by atoms with Gasteiger partial charge < -0.3 is 15.7 Å². The Balaban J connectivity index is 1.59. The predicted molar refractivity (Wildman–Crippen MR) is 87.2 cm³/mol. The van der Waals surface area contributed by atoms with Crippen molar-refractivity contribution in [2.45, 2.75) is 24.9 Å². The third-order valence-corrected chi connectivity index (χ3v) is 4.49. The van der Waals surface area contributed by atoms with Gasteiger partial charge in [-0.15, -0.1) is 0 Å². The number of carbonyl (C=O) groups is 3. The van der Waals surface area contributed by atoms with Crippen molar-refractivity contribution in [3.05, 3.63) is 41.1 Å². The van der Waals surface area contributed by atoms with E-state index in [4.69, 9.17) is 11.6 Å². The highest BCUT2D eigenvalue weighted by Crippen LogP contribution is 2.37. The molecule has 7 nitrogen and oxygen atoms in total. The number of benzene rings is 1. The fraction of sp³-hybridized carbons (Fsp3) is 0.312. The summed E-state index contributed by atoms with van der Waals surface area (Å²) in [5.74, 6) is -1.99. The summed E-state index contributed by atoms with van der Waals surface area (Å²) < 4.78 is 0. The summed E-state index contributed by atoms with van der Waals surface area (Å²) >= 11 is 5.92. The molecule has 1 aromatic carbocycles. The number of anilines is 1. The molecule has 0 radical (unpaired) electrons. The molecule has 2 heterocycles. The quantitative estimate of drug-likeness (QED) is 0.692. The van der Waals surface area contributed by atoms with Gasteiger partial charge in [0.15, 0.2) is 0 Å². The Morgan fingerprint density at radius 1 is 1.29 bits per heavy atom. The van der Waals surface area contributed by atoms with Gasteiger partial charge in [0.25, 0.3) is 5.91 Å². The van der Waals surface area contributed by atoms with Crippen LogP contribution in [0.5, 0.6) is 0 Å². The normalized spacial score (nSPS) is 22.5. The number of aliphatic carboxylic acids is 1. The van der Waals surface area contributed by atoms with Crippen LogP contribution < -0.4 is 10.6 Å². The minimum absolute atomic E-state index is 0.0307. The molecule has 1 aromatic rings. The maximum Gasteiger partial charge on any atom is 0.353 e. The number of rotatable bonds is 5. The first-order valence-corrected chi connectivity index (χ1v) is 7.90. The molecule has 1 saturated heterocycles. The highest BCUT2D eigenvalue weighted by atomic mass is 35.5. The van der Waals surface area contributed by atoms with Crippen molar-refractivity contribution in [3.8, 4) is 0 Å². The molecule has 0 spiro atoms. The van der Waals surface area contributed by atoms with Gasteiger partial charge in [-0.2, -0.15) is 0 Å². The van der Waals surface area contributed by atoms with Crippen LogP contribution in [0.2, 0.25) is 0 Å². The largest absolute Gasteiger partial charge is 0.477 e. The number of hydrogen-bond donors (Lipinski definition) is 3. The van der Waals surface area contributed by atoms with Crippen molar-refractivity contribution in [1.82, 2.24) is 10.2 Å². The first kappa shape index (κ1) is 16.3. The summed E-state index contributed by atoms with van der Waals surface area (Å²) in [7, 11) is 0. The Labute approximate surface area is 143 Å². The molecule has 2 amide bonds. The van der Waals surface area contributed by atoms with E-state index in [1.54, 1.807) is 0 Å². The number of para-hydroxylation sites is 1. The van der Waals surface area contributed by atoms with Crippen LogP contribution in [-0.2, 0) is 14.4 Å². The van der Waals surface area contributed by atoms with Crippen molar-refractivity contribution >= 4 is 35.1 Å². The van der Waals surface area contributed by atoms with E-state index in [9.17, 15) is 19.5 Å². The Kier molecular flexibility index (Phi) is 4.44. The van der Waals surface area contributed by atoms with Gasteiger partial charge in [-0.25, -0.2) is 4.79 Å². The third kappa shape index (κ3) is 2.94. The summed E-state index contributed by atoms with van der Waals surface area (Å²) in [6, 6.07) is 8.17.